The minimum Gasteiger partial charge on any atom is -0.632 e. The van der Waals surface area contributed by atoms with E-state index in [2.05, 4.69) is 41.9 Å². The number of carbonyl (C=O) groups excluding carboxylic acids is 4. The van der Waals surface area contributed by atoms with Crippen molar-refractivity contribution in [1.29, 1.82) is 0 Å². The number of ketones is 1. The normalized spacial score (nSPS) is 11.8. The van der Waals surface area contributed by atoms with Gasteiger partial charge in [-0.2, -0.15) is 18.3 Å². The number of imidazole rings is 1. The van der Waals surface area contributed by atoms with Crippen molar-refractivity contribution in [2.24, 2.45) is 10.9 Å². The van der Waals surface area contributed by atoms with Gasteiger partial charge in [-0.05, 0) is 22.7 Å². The minimum atomic E-state index is -0.995. The molecule has 1 aromatic carbocycles. The summed E-state index contributed by atoms with van der Waals surface area (Å²) in [5, 5.41) is 2.54. The number of nitrogens with zero attached hydrogens (tertiary/aromatic N) is 2. The van der Waals surface area contributed by atoms with Crippen molar-refractivity contribution >= 4 is 41.0 Å². The molecule has 0 spiro atoms. The molecule has 2 amide bonds. The minimum absolute atomic E-state index is 0. The van der Waals surface area contributed by atoms with Gasteiger partial charge in [-0.25, -0.2) is 4.79 Å². The quantitative estimate of drug-likeness (QED) is 0.418. The number of ether oxygens (including phenoxy) is 2. The van der Waals surface area contributed by atoms with Gasteiger partial charge >= 0.3 is 45.7 Å². The average Bonchev–Trinajstić information content (AvgIpc) is 3.47. The Morgan fingerprint density at radius 2 is 1.94 bits per heavy atom. The van der Waals surface area contributed by atoms with E-state index in [1.807, 2.05) is 19.9 Å². The van der Waals surface area contributed by atoms with Crippen LogP contribution in [0.1, 0.15) is 32.5 Å². The number of amides is 2. The molecule has 1 aliphatic rings. The van der Waals surface area contributed by atoms with E-state index < -0.39 is 18.2 Å². The van der Waals surface area contributed by atoms with Crippen molar-refractivity contribution in [3.8, 4) is 0 Å². The number of benzene rings is 1. The molecule has 11 nitrogen and oxygen atoms in total. The Kier molecular flexibility index (Phi) is 19.1. The summed E-state index contributed by atoms with van der Waals surface area (Å²) in [7, 11) is 2.44. The van der Waals surface area contributed by atoms with Crippen LogP contribution in [0.4, 0.5) is 9.59 Å². The Morgan fingerprint density at radius 3 is 2.42 bits per heavy atom. The topological polar surface area (TPSA) is 164 Å². The molecular weight excluding hydrogens is 677 g/mol. The van der Waals surface area contributed by atoms with Crippen molar-refractivity contribution in [2.45, 2.75) is 39.2 Å². The molecular formula is C23H27N5O6VW. The van der Waals surface area contributed by atoms with Crippen molar-refractivity contribution in [1.82, 2.24) is 15.3 Å². The van der Waals surface area contributed by atoms with Gasteiger partial charge in [0.15, 0.2) is 5.78 Å². The van der Waals surface area contributed by atoms with Crippen molar-refractivity contribution in [3.63, 3.8) is 0 Å². The van der Waals surface area contributed by atoms with Crippen LogP contribution >= 0.6 is 0 Å². The number of rotatable bonds is 7. The number of fused-ring (bicyclic) bond motifs is 1. The number of aromatic nitrogens is 2. The SMILES string of the molecule is COC(=O)NC(C(=O)CC1=NC=[C-]C1)C(C)C.COC([NH-])=O.O=[C-]Cc1nc2c[c-]ccc2[nH]1.[V+2].[W+2]. The van der Waals surface area contributed by atoms with Crippen molar-refractivity contribution in [3.05, 3.63) is 48.1 Å². The number of aromatic amines is 1. The Balaban J connectivity index is 0. The third-order valence-corrected chi connectivity index (χ3v) is 4.30. The smallest absolute Gasteiger partial charge is 0.632 e. The Hall–Kier alpha value is -2.75. The number of methoxy groups -OCH3 is 2. The van der Waals surface area contributed by atoms with Gasteiger partial charge in [-0.3, -0.25) is 15.9 Å². The van der Waals surface area contributed by atoms with E-state index in [9.17, 15) is 19.2 Å². The number of allylic oxidation sites excluding steroid dienone is 1. The van der Waals surface area contributed by atoms with Gasteiger partial charge < -0.3 is 46.4 Å². The summed E-state index contributed by atoms with van der Waals surface area (Å²) < 4.78 is 8.28. The predicted molar refractivity (Wildman–Crippen MR) is 125 cm³/mol. The molecule has 0 bridgehead atoms. The first-order chi connectivity index (χ1) is 16.2. The number of hydrogen-bond acceptors (Lipinski definition) is 8. The zero-order valence-corrected chi connectivity index (χ0v) is 24.6. The summed E-state index contributed by atoms with van der Waals surface area (Å²) in [5.74, 6) is 0.612. The molecule has 3 rings (SSSR count). The van der Waals surface area contributed by atoms with Crippen LogP contribution < -0.4 is 5.32 Å². The molecule has 0 fully saturated rings. The van der Waals surface area contributed by atoms with Crippen LogP contribution in [0.5, 0.6) is 0 Å². The standard InChI is InChI=1S/C12H17N2O3.C9H6N2O.C2H5NO2.V.W/c1-8(2)11(14-12(16)17-3)10(15)7-9-5-4-6-13-9;12-6-5-9-10-7-3-1-2-4-8(7)11-9;1-5-2(3)4;;/h6,8,11H,5,7H2,1-3H3,(H,14,16);1,3-4H,5H2,(H,10,11);1H3,(H2,3,4);;/q-1;-2;;2*+2/p-1. The third kappa shape index (κ3) is 13.4. The molecule has 2 heterocycles. The van der Waals surface area contributed by atoms with Crippen LogP contribution in [-0.4, -0.2) is 60.2 Å². The molecule has 1 radical (unpaired) electrons. The summed E-state index contributed by atoms with van der Waals surface area (Å²) in [6, 6.07) is 7.82. The van der Waals surface area contributed by atoms with Crippen LogP contribution in [-0.2, 0) is 65.1 Å². The summed E-state index contributed by atoms with van der Waals surface area (Å²) in [5.41, 5.74) is 8.52. The zero-order chi connectivity index (χ0) is 25.5. The van der Waals surface area contributed by atoms with Gasteiger partial charge in [0.2, 0.25) is 6.09 Å². The van der Waals surface area contributed by atoms with Crippen LogP contribution in [0.25, 0.3) is 16.8 Å². The van der Waals surface area contributed by atoms with Gasteiger partial charge in [0, 0.05) is 6.42 Å². The van der Waals surface area contributed by atoms with Crippen LogP contribution in [0.15, 0.2) is 29.4 Å². The summed E-state index contributed by atoms with van der Waals surface area (Å²) in [6.07, 6.45) is 5.74. The van der Waals surface area contributed by atoms with Crippen molar-refractivity contribution < 1.29 is 68.3 Å². The summed E-state index contributed by atoms with van der Waals surface area (Å²) in [6.45, 7) is 3.75. The third-order valence-electron chi connectivity index (χ3n) is 4.30. The summed E-state index contributed by atoms with van der Waals surface area (Å²) >= 11 is 0. The van der Waals surface area contributed by atoms with Gasteiger partial charge in [0.25, 0.3) is 0 Å². The largest absolute Gasteiger partial charge is 2.00 e. The van der Waals surface area contributed by atoms with E-state index >= 15 is 0 Å². The molecule has 0 aliphatic carbocycles. The number of nitrogens with one attached hydrogen (secondary N) is 3. The number of Topliss-reactive ketones (excluding diaryl/α,β-unsaturated/α-hetero) is 1. The predicted octanol–water partition coefficient (Wildman–Crippen LogP) is 3.30. The number of alkyl carbamates (subject to hydrolysis) is 1. The molecule has 1 atom stereocenters. The molecule has 0 saturated carbocycles. The fourth-order valence-electron chi connectivity index (χ4n) is 2.67. The fourth-order valence-corrected chi connectivity index (χ4v) is 2.67. The Bertz CT molecular complexity index is 1010. The van der Waals surface area contributed by atoms with Crippen LogP contribution in [0.2, 0.25) is 0 Å². The van der Waals surface area contributed by atoms with E-state index in [4.69, 9.17) is 5.73 Å². The molecule has 3 N–H and O–H groups in total. The fraction of sp³-hybridized carbons (Fsp3) is 0.391. The first kappa shape index (κ1) is 35.4. The van der Waals surface area contributed by atoms with Crippen LogP contribution in [0, 0.1) is 18.1 Å². The van der Waals surface area contributed by atoms with E-state index in [0.29, 0.717) is 12.2 Å². The maximum atomic E-state index is 12.0. The molecule has 1 aromatic heterocycles. The molecule has 13 heteroatoms. The molecule has 1 aliphatic heterocycles. The monoisotopic (exact) mass is 704 g/mol. The number of carbonyl (C=O) groups is 3. The first-order valence-corrected chi connectivity index (χ1v) is 10.2. The van der Waals surface area contributed by atoms with E-state index in [-0.39, 0.29) is 64.2 Å². The number of H-pyrrole nitrogens is 1. The molecule has 2 aromatic rings. The first-order valence-electron chi connectivity index (χ1n) is 10.2. The molecule has 191 valence electrons. The molecule has 1 unspecified atom stereocenters. The average molecular weight is 704 g/mol. The van der Waals surface area contributed by atoms with E-state index in [1.54, 1.807) is 24.6 Å². The van der Waals surface area contributed by atoms with Gasteiger partial charge in [-0.1, -0.05) is 20.3 Å². The molecule has 36 heavy (non-hydrogen) atoms. The number of aliphatic imine (C=N–C) groups is 1. The second-order valence-corrected chi connectivity index (χ2v) is 7.15. The summed E-state index contributed by atoms with van der Waals surface area (Å²) in [4.78, 5) is 53.6. The molecule has 0 saturated heterocycles. The Morgan fingerprint density at radius 1 is 1.28 bits per heavy atom. The number of hydrogen-bond donors (Lipinski definition) is 2. The van der Waals surface area contributed by atoms with Gasteiger partial charge in [0.05, 0.1) is 26.1 Å². The maximum absolute atomic E-state index is 12.0. The van der Waals surface area contributed by atoms with Gasteiger partial charge in [0.1, 0.15) is 0 Å². The Labute approximate surface area is 236 Å². The maximum Gasteiger partial charge on any atom is 2.00 e. The van der Waals surface area contributed by atoms with Gasteiger partial charge in [-0.15, -0.1) is 18.6 Å². The second kappa shape index (κ2) is 19.4. The second-order valence-electron chi connectivity index (χ2n) is 7.15. The van der Waals surface area contributed by atoms with E-state index in [1.165, 1.54) is 7.11 Å². The van der Waals surface area contributed by atoms with E-state index in [0.717, 1.165) is 23.9 Å². The van der Waals surface area contributed by atoms with Crippen molar-refractivity contribution in [2.75, 3.05) is 14.2 Å². The zero-order valence-electron chi connectivity index (χ0n) is 20.3. The van der Waals surface area contributed by atoms with Crippen LogP contribution in [0.3, 0.4) is 0 Å².